The van der Waals surface area contributed by atoms with Crippen LogP contribution in [0.15, 0.2) is 42.7 Å². The molecule has 7 rings (SSSR count). The van der Waals surface area contributed by atoms with Gasteiger partial charge >= 0.3 is 0 Å². The first-order chi connectivity index (χ1) is 27.2. The van der Waals surface area contributed by atoms with Crippen LogP contribution in [0.3, 0.4) is 0 Å². The number of imidazole rings is 1. The molecule has 0 atom stereocenters. The number of halogens is 3. The monoisotopic (exact) mass is 806 g/mol. The number of hydrogen-bond donors (Lipinski definition) is 1. The fraction of sp³-hybridized carbons (Fsp3) is 0.488. The van der Waals surface area contributed by atoms with Gasteiger partial charge in [0, 0.05) is 80.9 Å². The second kappa shape index (κ2) is 16.6. The van der Waals surface area contributed by atoms with Crippen molar-refractivity contribution in [2.45, 2.75) is 26.3 Å². The van der Waals surface area contributed by atoms with Gasteiger partial charge in [0.15, 0.2) is 17.5 Å². The molecule has 304 valence electrons. The van der Waals surface area contributed by atoms with Gasteiger partial charge in [0.2, 0.25) is 5.91 Å². The van der Waals surface area contributed by atoms with Crippen molar-refractivity contribution in [3.05, 3.63) is 76.5 Å². The third-order valence-electron chi connectivity index (χ3n) is 11.7. The van der Waals surface area contributed by atoms with E-state index in [1.54, 1.807) is 35.7 Å². The summed E-state index contributed by atoms with van der Waals surface area (Å²) in [5, 5.41) is 7.17. The van der Waals surface area contributed by atoms with Gasteiger partial charge in [0.05, 0.1) is 74.9 Å². The predicted octanol–water partition coefficient (Wildman–Crippen LogP) is 4.79. The van der Waals surface area contributed by atoms with Gasteiger partial charge in [-0.25, -0.2) is 13.8 Å². The van der Waals surface area contributed by atoms with E-state index in [2.05, 4.69) is 34.4 Å². The molecule has 0 unspecified atom stereocenters. The van der Waals surface area contributed by atoms with Crippen LogP contribution in [0.4, 0.5) is 14.5 Å². The van der Waals surface area contributed by atoms with E-state index >= 15 is 8.78 Å². The zero-order valence-corrected chi connectivity index (χ0v) is 34.0. The maximum absolute atomic E-state index is 15.6. The van der Waals surface area contributed by atoms with E-state index in [1.165, 1.54) is 55.3 Å². The Labute approximate surface area is 336 Å². The van der Waals surface area contributed by atoms with Crippen LogP contribution >= 0.6 is 11.6 Å². The first kappa shape index (κ1) is 40.5. The van der Waals surface area contributed by atoms with Crippen molar-refractivity contribution in [1.29, 1.82) is 0 Å². The zero-order valence-electron chi connectivity index (χ0n) is 33.2. The van der Waals surface area contributed by atoms with Gasteiger partial charge in [0.25, 0.3) is 11.8 Å². The average Bonchev–Trinajstić information content (AvgIpc) is 3.75. The summed E-state index contributed by atoms with van der Waals surface area (Å²) in [6.07, 6.45) is 4.55. The van der Waals surface area contributed by atoms with Crippen molar-refractivity contribution in [3.63, 3.8) is 0 Å². The van der Waals surface area contributed by atoms with Gasteiger partial charge in [-0.05, 0) is 57.1 Å². The fourth-order valence-electron chi connectivity index (χ4n) is 8.64. The number of anilines is 1. The van der Waals surface area contributed by atoms with Crippen molar-refractivity contribution >= 4 is 35.0 Å². The molecule has 2 aromatic heterocycles. The van der Waals surface area contributed by atoms with Crippen molar-refractivity contribution in [3.8, 4) is 22.4 Å². The first-order valence-electron chi connectivity index (χ1n) is 19.5. The van der Waals surface area contributed by atoms with Gasteiger partial charge in [-0.3, -0.25) is 19.1 Å². The second-order valence-corrected chi connectivity index (χ2v) is 16.6. The number of carbonyl (C=O) groups is 3. The average molecular weight is 807 g/mol. The molecule has 3 aliphatic rings. The Morgan fingerprint density at radius 3 is 2.26 bits per heavy atom. The third-order valence-corrected chi connectivity index (χ3v) is 12.1. The highest BCUT2D eigenvalue weighted by Gasteiger charge is 2.39. The summed E-state index contributed by atoms with van der Waals surface area (Å²) < 4.78 is 40.3. The van der Waals surface area contributed by atoms with Crippen LogP contribution in [0, 0.1) is 30.4 Å². The number of nitrogens with one attached hydrogen (secondary N) is 1. The van der Waals surface area contributed by atoms with Crippen LogP contribution in [-0.4, -0.2) is 143 Å². The first-order valence-corrected chi connectivity index (χ1v) is 19.9. The Morgan fingerprint density at radius 2 is 1.60 bits per heavy atom. The smallest absolute Gasteiger partial charge is 0.291 e. The van der Waals surface area contributed by atoms with Crippen molar-refractivity contribution < 1.29 is 32.4 Å². The van der Waals surface area contributed by atoms with E-state index in [0.717, 1.165) is 42.9 Å². The Kier molecular flexibility index (Phi) is 11.8. The van der Waals surface area contributed by atoms with Crippen LogP contribution in [0.5, 0.6) is 0 Å². The van der Waals surface area contributed by atoms with Gasteiger partial charge in [-0.15, -0.1) is 0 Å². The summed E-state index contributed by atoms with van der Waals surface area (Å²) in [7, 11) is 7.65. The maximum atomic E-state index is 15.6. The number of carbonyl (C=O) groups excluding carboxylic acids is 3. The van der Waals surface area contributed by atoms with Gasteiger partial charge in [-0.2, -0.15) is 5.10 Å². The number of hydrogen-bond acceptors (Lipinski definition) is 7. The van der Waals surface area contributed by atoms with Gasteiger partial charge < -0.3 is 33.8 Å². The summed E-state index contributed by atoms with van der Waals surface area (Å²) >= 11 is 6.58. The molecule has 4 aromatic rings. The zero-order chi connectivity index (χ0) is 40.6. The molecule has 3 fully saturated rings. The minimum absolute atomic E-state index is 0.0286. The summed E-state index contributed by atoms with van der Waals surface area (Å²) in [5.41, 5.74) is 1.95. The number of amides is 3. The van der Waals surface area contributed by atoms with Crippen molar-refractivity contribution in [2.24, 2.45) is 18.9 Å². The van der Waals surface area contributed by atoms with E-state index in [1.807, 2.05) is 4.90 Å². The highest BCUT2D eigenvalue weighted by Crippen LogP contribution is 2.34. The summed E-state index contributed by atoms with van der Waals surface area (Å²) in [5.74, 6) is -2.06. The molecule has 16 heteroatoms. The lowest BCUT2D eigenvalue weighted by atomic mass is 9.92. The number of likely N-dealkylation sites (tertiary alicyclic amines) is 2. The summed E-state index contributed by atoms with van der Waals surface area (Å²) in [6, 6.07) is 7.55. The van der Waals surface area contributed by atoms with Crippen LogP contribution in [-0.2, 0) is 23.1 Å². The maximum Gasteiger partial charge on any atom is 0.291 e. The molecule has 2 aromatic carbocycles. The molecule has 5 heterocycles. The molecule has 0 radical (unpaired) electrons. The topological polar surface area (TPSA) is 118 Å². The van der Waals surface area contributed by atoms with Gasteiger partial charge in [0.1, 0.15) is 0 Å². The SMILES string of the molecule is COCCn1ncc(-c2ccc(-c3cnc(C(=O)Nc4ccc(C(=O)N5CCN(C(=O)C6CCN(CC7C[N+](C)(C)C7)CC6)CC5)c(Cl)c4)n3C)c(F)c2F)c1C. The molecule has 57 heavy (non-hydrogen) atoms. The Bertz CT molecular complexity index is 2150. The molecule has 0 saturated carbocycles. The highest BCUT2D eigenvalue weighted by molar-refractivity contribution is 6.34. The van der Waals surface area contributed by atoms with E-state index in [9.17, 15) is 14.4 Å². The second-order valence-electron chi connectivity index (χ2n) is 16.2. The predicted molar refractivity (Wildman–Crippen MR) is 213 cm³/mol. The molecule has 0 spiro atoms. The number of ether oxygens (including phenoxy) is 1. The molecule has 1 N–H and O–H groups in total. The van der Waals surface area contributed by atoms with Crippen LogP contribution in [0.2, 0.25) is 5.02 Å². The van der Waals surface area contributed by atoms with Crippen LogP contribution < -0.4 is 5.32 Å². The number of nitrogens with zero attached hydrogens (tertiary/aromatic N) is 8. The molecular weight excluding hydrogens is 756 g/mol. The minimum atomic E-state index is -1.08. The Hall–Kier alpha value is -4.70. The number of piperidine rings is 1. The Balaban J connectivity index is 0.926. The van der Waals surface area contributed by atoms with Crippen molar-refractivity contribution in [1.82, 2.24) is 34.0 Å². The van der Waals surface area contributed by atoms with E-state index in [0.29, 0.717) is 56.3 Å². The number of piperazine rings is 1. The third kappa shape index (κ3) is 8.47. The summed E-state index contributed by atoms with van der Waals surface area (Å²) in [4.78, 5) is 50.5. The molecule has 3 saturated heterocycles. The largest absolute Gasteiger partial charge is 0.383 e. The lowest BCUT2D eigenvalue weighted by Crippen LogP contribution is -2.61. The fourth-order valence-corrected chi connectivity index (χ4v) is 8.90. The number of aromatic nitrogens is 4. The quantitative estimate of drug-likeness (QED) is 0.217. The van der Waals surface area contributed by atoms with Gasteiger partial charge in [-0.1, -0.05) is 17.7 Å². The Morgan fingerprint density at radius 1 is 0.930 bits per heavy atom. The lowest BCUT2D eigenvalue weighted by Gasteiger charge is -2.47. The van der Waals surface area contributed by atoms with E-state index in [4.69, 9.17) is 16.3 Å². The molecule has 3 aliphatic heterocycles. The van der Waals surface area contributed by atoms with E-state index in [-0.39, 0.29) is 51.0 Å². The number of rotatable bonds is 11. The lowest BCUT2D eigenvalue weighted by molar-refractivity contribution is -0.938. The highest BCUT2D eigenvalue weighted by atomic mass is 35.5. The van der Waals surface area contributed by atoms with Crippen molar-refractivity contribution in [2.75, 3.05) is 92.0 Å². The normalized spacial score (nSPS) is 17.8. The van der Waals surface area contributed by atoms with E-state index < -0.39 is 17.5 Å². The number of methoxy groups -OCH3 is 1. The summed E-state index contributed by atoms with van der Waals surface area (Å²) in [6.45, 7) is 9.90. The molecule has 3 amide bonds. The molecule has 13 nitrogen and oxygen atoms in total. The molecule has 0 bridgehead atoms. The molecule has 0 aliphatic carbocycles. The number of quaternary nitrogens is 1. The van der Waals surface area contributed by atoms with Crippen LogP contribution in [0.25, 0.3) is 22.4 Å². The standard InChI is InChI=1S/C41H50ClF2N9O4/c1-26-33(21-46-52(26)18-19-57-5)30-8-9-32(37(44)36(30)43)35-22-45-38(48(35)2)39(54)47-29-6-7-31(34(42)20-29)41(56)51-16-14-50(15-17-51)40(55)28-10-12-49(13-11-28)23-27-24-53(3,4)25-27/h6-9,20-22,27-28H,10-19,23-25H2,1-5H3/p+1. The minimum Gasteiger partial charge on any atom is -0.383 e. The van der Waals surface area contributed by atoms with Crippen LogP contribution in [0.1, 0.15) is 39.5 Å². The number of benzene rings is 2. The molecular formula is C41H51ClF2N9O4+.